The highest BCUT2D eigenvalue weighted by molar-refractivity contribution is 5.94. The first-order valence-electron chi connectivity index (χ1n) is 11.6. The summed E-state index contributed by atoms with van der Waals surface area (Å²) >= 11 is 0. The van der Waals surface area contributed by atoms with E-state index in [0.29, 0.717) is 24.6 Å². The molecule has 1 saturated heterocycles. The Balaban J connectivity index is 1.25. The van der Waals surface area contributed by atoms with Crippen molar-refractivity contribution in [3.8, 4) is 0 Å². The zero-order valence-corrected chi connectivity index (χ0v) is 18.5. The second-order valence-electron chi connectivity index (χ2n) is 8.92. The van der Waals surface area contributed by atoms with Gasteiger partial charge in [0, 0.05) is 62.7 Å². The smallest absolute Gasteiger partial charge is 0.274 e. The van der Waals surface area contributed by atoms with E-state index in [1.54, 1.807) is 11.1 Å². The van der Waals surface area contributed by atoms with Gasteiger partial charge >= 0.3 is 0 Å². The molecule has 0 bridgehead atoms. The monoisotopic (exact) mass is 423 g/mol. The molecule has 2 aliphatic rings. The van der Waals surface area contributed by atoms with Gasteiger partial charge in [-0.05, 0) is 63.0 Å². The van der Waals surface area contributed by atoms with Gasteiger partial charge < -0.3 is 9.80 Å². The van der Waals surface area contributed by atoms with E-state index in [-0.39, 0.29) is 11.8 Å². The summed E-state index contributed by atoms with van der Waals surface area (Å²) in [5.74, 6) is 0.601. The lowest BCUT2D eigenvalue weighted by Crippen LogP contribution is -2.41. The summed E-state index contributed by atoms with van der Waals surface area (Å²) in [5.41, 5.74) is 3.90. The maximum Gasteiger partial charge on any atom is 0.274 e. The van der Waals surface area contributed by atoms with E-state index in [2.05, 4.69) is 15.2 Å². The first-order chi connectivity index (χ1) is 15.1. The fraction of sp³-hybridized carbons (Fsp3) is 0.583. The van der Waals surface area contributed by atoms with Gasteiger partial charge in [-0.3, -0.25) is 19.7 Å². The maximum absolute atomic E-state index is 13.1. The molecule has 4 rings (SSSR count). The summed E-state index contributed by atoms with van der Waals surface area (Å²) in [6.07, 6.45) is 10.2. The van der Waals surface area contributed by atoms with Crippen LogP contribution in [0.25, 0.3) is 0 Å². The van der Waals surface area contributed by atoms with Crippen LogP contribution in [0.4, 0.5) is 0 Å². The van der Waals surface area contributed by atoms with Crippen molar-refractivity contribution in [2.45, 2.75) is 57.8 Å². The number of carbonyl (C=O) groups is 2. The first kappa shape index (κ1) is 21.5. The van der Waals surface area contributed by atoms with E-state index in [9.17, 15) is 9.59 Å². The van der Waals surface area contributed by atoms with Crippen LogP contribution in [0.3, 0.4) is 0 Å². The van der Waals surface area contributed by atoms with Crippen molar-refractivity contribution in [3.63, 3.8) is 0 Å². The molecule has 0 aromatic carbocycles. The van der Waals surface area contributed by atoms with Crippen LogP contribution in [0, 0.1) is 5.92 Å². The number of aryl methyl sites for hydroxylation is 1. The van der Waals surface area contributed by atoms with Gasteiger partial charge in [-0.25, -0.2) is 0 Å². The third kappa shape index (κ3) is 5.32. The van der Waals surface area contributed by atoms with E-state index in [4.69, 9.17) is 0 Å². The summed E-state index contributed by atoms with van der Waals surface area (Å²) in [6, 6.07) is 5.86. The lowest BCUT2D eigenvalue weighted by molar-refractivity contribution is -0.130. The molecule has 2 aromatic rings. The number of hydrogen-bond acceptors (Lipinski definition) is 4. The van der Waals surface area contributed by atoms with Crippen LogP contribution in [0.15, 0.2) is 24.4 Å². The predicted octanol–water partition coefficient (Wildman–Crippen LogP) is 3.02. The minimum absolute atomic E-state index is 0.0582. The van der Waals surface area contributed by atoms with Crippen LogP contribution in [-0.2, 0) is 24.1 Å². The SMILES string of the molecule is CN(CCc1ccccn1)C(=O)CC[C@H]1CCCN(C(=O)c2n[nH]c3c2CCCC3)C1. The Morgan fingerprint density at radius 1 is 1.23 bits per heavy atom. The number of amides is 2. The number of carbonyl (C=O) groups excluding carboxylic acids is 2. The summed E-state index contributed by atoms with van der Waals surface area (Å²) in [4.78, 5) is 33.8. The van der Waals surface area contributed by atoms with Crippen LogP contribution in [0.2, 0.25) is 0 Å². The average Bonchev–Trinajstić information content (AvgIpc) is 3.25. The Hall–Kier alpha value is -2.70. The lowest BCUT2D eigenvalue weighted by Gasteiger charge is -2.33. The van der Waals surface area contributed by atoms with Crippen LogP contribution >= 0.6 is 0 Å². The highest BCUT2D eigenvalue weighted by Crippen LogP contribution is 2.26. The molecule has 0 unspecified atom stereocenters. The highest BCUT2D eigenvalue weighted by atomic mass is 16.2. The zero-order valence-electron chi connectivity index (χ0n) is 18.5. The van der Waals surface area contributed by atoms with Gasteiger partial charge in [-0.1, -0.05) is 6.07 Å². The van der Waals surface area contributed by atoms with Crippen molar-refractivity contribution in [1.82, 2.24) is 25.0 Å². The van der Waals surface area contributed by atoms with Crippen molar-refractivity contribution in [1.29, 1.82) is 0 Å². The summed E-state index contributed by atoms with van der Waals surface area (Å²) in [7, 11) is 1.86. The van der Waals surface area contributed by atoms with Crippen LogP contribution < -0.4 is 0 Å². The number of rotatable bonds is 7. The number of likely N-dealkylation sites (N-methyl/N-ethyl adjacent to an activating group) is 1. The minimum atomic E-state index is 0.0582. The van der Waals surface area contributed by atoms with Gasteiger partial charge in [0.2, 0.25) is 5.91 Å². The number of nitrogens with zero attached hydrogens (tertiary/aromatic N) is 4. The van der Waals surface area contributed by atoms with E-state index in [0.717, 1.165) is 75.0 Å². The normalized spacial score (nSPS) is 18.5. The molecule has 1 aliphatic heterocycles. The minimum Gasteiger partial charge on any atom is -0.345 e. The largest absolute Gasteiger partial charge is 0.345 e. The molecule has 0 spiro atoms. The molecular weight excluding hydrogens is 390 g/mol. The first-order valence-corrected chi connectivity index (χ1v) is 11.6. The van der Waals surface area contributed by atoms with E-state index >= 15 is 0 Å². The number of piperidine rings is 1. The highest BCUT2D eigenvalue weighted by Gasteiger charge is 2.29. The summed E-state index contributed by atoms with van der Waals surface area (Å²) < 4.78 is 0. The number of H-pyrrole nitrogens is 1. The third-order valence-electron chi connectivity index (χ3n) is 6.69. The second kappa shape index (κ2) is 10.1. The molecule has 0 radical (unpaired) electrons. The quantitative estimate of drug-likeness (QED) is 0.742. The molecule has 1 fully saturated rings. The van der Waals surface area contributed by atoms with Crippen LogP contribution in [0.1, 0.15) is 66.0 Å². The molecule has 3 heterocycles. The molecule has 166 valence electrons. The molecule has 2 amide bonds. The van der Waals surface area contributed by atoms with Gasteiger partial charge in [0.25, 0.3) is 5.91 Å². The van der Waals surface area contributed by atoms with Gasteiger partial charge in [-0.2, -0.15) is 5.10 Å². The number of pyridine rings is 1. The van der Waals surface area contributed by atoms with E-state index in [1.165, 1.54) is 6.42 Å². The molecule has 2 aromatic heterocycles. The summed E-state index contributed by atoms with van der Waals surface area (Å²) in [6.45, 7) is 2.19. The Bertz CT molecular complexity index is 895. The Kier molecular flexibility index (Phi) is 6.99. The van der Waals surface area contributed by atoms with Crippen LogP contribution in [0.5, 0.6) is 0 Å². The molecule has 0 saturated carbocycles. The number of aromatic amines is 1. The van der Waals surface area contributed by atoms with Gasteiger partial charge in [-0.15, -0.1) is 0 Å². The van der Waals surface area contributed by atoms with Gasteiger partial charge in [0.05, 0.1) is 0 Å². The number of nitrogens with one attached hydrogen (secondary N) is 1. The Morgan fingerprint density at radius 2 is 2.10 bits per heavy atom. The van der Waals surface area contributed by atoms with Crippen molar-refractivity contribution >= 4 is 11.8 Å². The molecule has 1 atom stereocenters. The molecule has 31 heavy (non-hydrogen) atoms. The Labute approximate surface area is 184 Å². The van der Waals surface area contributed by atoms with Gasteiger partial charge in [0.1, 0.15) is 0 Å². The zero-order chi connectivity index (χ0) is 21.6. The molecule has 7 nitrogen and oxygen atoms in total. The predicted molar refractivity (Wildman–Crippen MR) is 119 cm³/mol. The number of likely N-dealkylation sites (tertiary alicyclic amines) is 1. The number of aromatic nitrogens is 3. The fourth-order valence-electron chi connectivity index (χ4n) is 4.76. The molecular formula is C24H33N5O2. The number of hydrogen-bond donors (Lipinski definition) is 1. The maximum atomic E-state index is 13.1. The second-order valence-corrected chi connectivity index (χ2v) is 8.92. The van der Waals surface area contributed by atoms with Crippen molar-refractivity contribution in [3.05, 3.63) is 47.0 Å². The third-order valence-corrected chi connectivity index (χ3v) is 6.69. The molecule has 1 N–H and O–H groups in total. The standard InChI is InChI=1S/C24H33N5O2/c1-28(16-13-19-8-4-5-14-25-19)22(30)12-11-18-7-6-15-29(17-18)24(31)23-20-9-2-3-10-21(20)26-27-23/h4-5,8,14,18H,2-3,6-7,9-13,15-17H2,1H3,(H,26,27)/t18-/m1/s1. The van der Waals surface area contributed by atoms with E-state index in [1.807, 2.05) is 30.1 Å². The fourth-order valence-corrected chi connectivity index (χ4v) is 4.76. The molecule has 7 heteroatoms. The number of fused-ring (bicyclic) bond motifs is 1. The van der Waals surface area contributed by atoms with Crippen molar-refractivity contribution in [2.24, 2.45) is 5.92 Å². The van der Waals surface area contributed by atoms with Crippen molar-refractivity contribution in [2.75, 3.05) is 26.7 Å². The average molecular weight is 424 g/mol. The summed E-state index contributed by atoms with van der Waals surface area (Å²) in [5, 5.41) is 7.44. The van der Waals surface area contributed by atoms with E-state index < -0.39 is 0 Å². The van der Waals surface area contributed by atoms with Crippen molar-refractivity contribution < 1.29 is 9.59 Å². The Morgan fingerprint density at radius 3 is 2.94 bits per heavy atom. The van der Waals surface area contributed by atoms with Crippen LogP contribution in [-0.4, -0.2) is 63.5 Å². The topological polar surface area (TPSA) is 82.2 Å². The lowest BCUT2D eigenvalue weighted by atomic mass is 9.92. The molecule has 1 aliphatic carbocycles. The van der Waals surface area contributed by atoms with Gasteiger partial charge in [0.15, 0.2) is 5.69 Å².